The largest absolute Gasteiger partial charge is 0.449 e. The quantitative estimate of drug-likeness (QED) is 0.0457. The van der Waals surface area contributed by atoms with E-state index < -0.39 is 142 Å². The van der Waals surface area contributed by atoms with Gasteiger partial charge in [0.15, 0.2) is 5.79 Å². The number of ketones is 2. The Bertz CT molecular complexity index is 3500. The van der Waals surface area contributed by atoms with Gasteiger partial charge in [-0.25, -0.2) is 9.59 Å². The minimum absolute atomic E-state index is 0.0204. The average molecular weight is 1580 g/mol. The van der Waals surface area contributed by atoms with E-state index in [1.807, 2.05) is 27.7 Å². The molecule has 0 radical (unpaired) electrons. The normalized spacial score (nSPS) is 21.2. The zero-order valence-corrected chi connectivity index (χ0v) is 66.7. The Labute approximate surface area is 652 Å². The molecule has 608 valence electrons. The maximum Gasteiger partial charge on any atom is 0.407 e. The number of hydrogen-bond donors (Lipinski definition) is 9. The van der Waals surface area contributed by atoms with Gasteiger partial charge in [-0.05, 0) is 73.3 Å². The number of nitrogens with zero attached hydrogens (tertiary/aromatic N) is 4. The molecule has 4 heterocycles. The van der Waals surface area contributed by atoms with Crippen LogP contribution in [-0.2, 0) is 76.5 Å². The monoisotopic (exact) mass is 1570 g/mol. The lowest BCUT2D eigenvalue weighted by Crippen LogP contribution is -2.58. The number of likely N-dealkylation sites (tertiary alicyclic amines) is 2. The summed E-state index contributed by atoms with van der Waals surface area (Å²) >= 11 is 3.10. The lowest BCUT2D eigenvalue weighted by Gasteiger charge is -2.34. The van der Waals surface area contributed by atoms with Gasteiger partial charge in [-0.2, -0.15) is 0 Å². The van der Waals surface area contributed by atoms with E-state index in [9.17, 15) is 72.2 Å². The van der Waals surface area contributed by atoms with Crippen molar-refractivity contribution in [1.29, 1.82) is 0 Å². The third-order valence-corrected chi connectivity index (χ3v) is 23.7. The van der Waals surface area contributed by atoms with Crippen molar-refractivity contribution in [3.63, 3.8) is 0 Å². The van der Waals surface area contributed by atoms with E-state index in [1.54, 1.807) is 114 Å². The van der Waals surface area contributed by atoms with Crippen LogP contribution >= 0.6 is 23.5 Å². The molecule has 6 aliphatic rings. The molecule has 110 heavy (non-hydrogen) atoms. The topological polar surface area (TPSA) is 405 Å². The molecule has 2 aromatic rings. The third-order valence-electron chi connectivity index (χ3n) is 20.0. The molecule has 0 aromatic heterocycles. The van der Waals surface area contributed by atoms with Gasteiger partial charge in [0.25, 0.3) is 11.8 Å². The molecule has 2 aliphatic carbocycles. The standard InChI is InChI=1S/C39H58N6O9S2.C38H56N6O10/c1-6-13-28(33(48)35(50)40-19-30(47)42-31(36(51)44(4)5)25-14-9-7-10-15-25)41-34(49)29-18-39(55-22-27(20-46)56-39)23-45(29)37(52)32(26-16-11-8-12-17-26)43-38(53)54-21-24(2)3;1-6-13-27(32(46)34(48)39-21-29(45)41-30(35(49)43(4)5)25-14-9-7-10-15-25)40-33(47)28-20-38(53-18-19-54-38)23-44(28)36(50)31(26-16-11-8-12-17-26)42-37(51)52-22-24(2)3/h7,9-10,14-15,24,26-29,31-32,46H,6,8,11-13,16-23H2,1-5H3,(H,40,50)(H,41,49)(H,42,47)(H,43,53);7,9-10,14-15,24,26-28,30-31H,6,8,11-13,16-23H2,1-5H3,(H,39,48)(H,40,47)(H,41,45)(H,42,51)/t27?,28?,29-,31?,32?,39?;27?,28-,30?,31?/m00/s1. The van der Waals surface area contributed by atoms with Gasteiger partial charge < -0.3 is 86.2 Å². The molecule has 6 fully saturated rings. The van der Waals surface area contributed by atoms with Crippen molar-refractivity contribution in [2.45, 2.75) is 208 Å². The van der Waals surface area contributed by atoms with Crippen molar-refractivity contribution in [2.24, 2.45) is 23.7 Å². The fraction of sp³-hybridized carbons (Fsp3) is 0.662. The summed E-state index contributed by atoms with van der Waals surface area (Å²) in [5, 5.41) is 30.7. The van der Waals surface area contributed by atoms with E-state index in [2.05, 4.69) is 42.5 Å². The van der Waals surface area contributed by atoms with E-state index in [0.29, 0.717) is 42.6 Å². The van der Waals surface area contributed by atoms with Crippen molar-refractivity contribution in [3.8, 4) is 0 Å². The number of amides is 12. The van der Waals surface area contributed by atoms with Crippen LogP contribution in [-0.4, -0.2) is 252 Å². The van der Waals surface area contributed by atoms with Crippen LogP contribution in [0.2, 0.25) is 0 Å². The van der Waals surface area contributed by atoms with Gasteiger partial charge in [-0.1, -0.05) is 154 Å². The zero-order valence-electron chi connectivity index (χ0n) is 65.1. The van der Waals surface area contributed by atoms with E-state index in [-0.39, 0.29) is 113 Å². The summed E-state index contributed by atoms with van der Waals surface area (Å²) in [5.74, 6) is -9.24. The lowest BCUT2D eigenvalue weighted by molar-refractivity contribution is -0.154. The Morgan fingerprint density at radius 1 is 0.545 bits per heavy atom. The summed E-state index contributed by atoms with van der Waals surface area (Å²) < 4.78 is 22.0. The van der Waals surface area contributed by atoms with Crippen LogP contribution in [0.3, 0.4) is 0 Å². The van der Waals surface area contributed by atoms with Crippen LogP contribution in [0.4, 0.5) is 9.59 Å². The molecule has 10 atom stereocenters. The van der Waals surface area contributed by atoms with Gasteiger partial charge >= 0.3 is 12.2 Å². The van der Waals surface area contributed by atoms with E-state index in [0.717, 1.165) is 51.4 Å². The third kappa shape index (κ3) is 25.3. The minimum atomic E-state index is -1.27. The number of Topliss-reactive ketones (excluding diaryl/α,β-unsaturated/α-hetero) is 2. The van der Waals surface area contributed by atoms with Crippen molar-refractivity contribution < 1.29 is 91.2 Å². The smallest absolute Gasteiger partial charge is 0.407 e. The molecule has 33 heteroatoms. The highest BCUT2D eigenvalue weighted by atomic mass is 32.2. The molecule has 2 saturated carbocycles. The van der Waals surface area contributed by atoms with E-state index in [4.69, 9.17) is 18.9 Å². The second kappa shape index (κ2) is 42.9. The maximum absolute atomic E-state index is 14.6. The number of likely N-dealkylation sites (N-methyl/N-ethyl adjacent to an activating group) is 2. The number of carbonyl (C=O) groups is 14. The first-order chi connectivity index (χ1) is 52.4. The van der Waals surface area contributed by atoms with Crippen LogP contribution in [0.5, 0.6) is 0 Å². The Morgan fingerprint density at radius 2 is 0.945 bits per heavy atom. The minimum Gasteiger partial charge on any atom is -0.449 e. The predicted octanol–water partition coefficient (Wildman–Crippen LogP) is 3.95. The summed E-state index contributed by atoms with van der Waals surface area (Å²) in [7, 11) is 6.22. The second-order valence-corrected chi connectivity index (χ2v) is 33.6. The van der Waals surface area contributed by atoms with E-state index >= 15 is 0 Å². The Morgan fingerprint density at radius 3 is 1.32 bits per heavy atom. The molecule has 2 spiro atoms. The van der Waals surface area contributed by atoms with Crippen LogP contribution < -0.4 is 42.5 Å². The Kier molecular flexibility index (Phi) is 34.6. The van der Waals surface area contributed by atoms with Gasteiger partial charge in [-0.3, -0.25) is 57.5 Å². The van der Waals surface area contributed by atoms with Gasteiger partial charge in [0.2, 0.25) is 58.8 Å². The fourth-order valence-electron chi connectivity index (χ4n) is 14.4. The SMILES string of the molecule is CCCC(NC(=O)[C@@H]1CC2(CN1C(=O)C(NC(=O)OCC(C)C)C1CCCCC1)OCCO2)C(=O)C(=O)NCC(=O)NC(C(=O)N(C)C)c1ccccc1.CCCC(NC(=O)[C@@H]1CC2(CN1C(=O)C(NC(=O)OCC(C)C)C1CCCCC1)SCC(CO)S2)C(=O)C(=O)NCC(=O)NC(C(=O)N(C)C)c1ccccc1. The highest BCUT2D eigenvalue weighted by molar-refractivity contribution is 8.21. The number of nitrogens with one attached hydrogen (secondary N) is 8. The summed E-state index contributed by atoms with van der Waals surface area (Å²) in [6.45, 7) is 11.0. The maximum atomic E-state index is 14.6. The summed E-state index contributed by atoms with van der Waals surface area (Å²) in [5.41, 5.74) is 1.08. The molecule has 8 unspecified atom stereocenters. The fourth-order valence-corrected chi connectivity index (χ4v) is 18.0. The van der Waals surface area contributed by atoms with Crippen LogP contribution in [0.1, 0.15) is 167 Å². The summed E-state index contributed by atoms with van der Waals surface area (Å²) in [6, 6.07) is 8.63. The first-order valence-electron chi connectivity index (χ1n) is 38.5. The molecular weight excluding hydrogens is 1460 g/mol. The summed E-state index contributed by atoms with van der Waals surface area (Å²) in [4.78, 5) is 193. The average Bonchev–Trinajstić information content (AvgIpc) is 1.62. The Balaban J connectivity index is 0.000000306. The number of aliphatic hydroxyl groups excluding tert-OH is 1. The van der Waals surface area contributed by atoms with Gasteiger partial charge in [0.05, 0.1) is 68.8 Å². The van der Waals surface area contributed by atoms with Crippen LogP contribution in [0, 0.1) is 23.7 Å². The number of hydrogen-bond acceptors (Lipinski definition) is 21. The number of ether oxygens (including phenoxy) is 4. The highest BCUT2D eigenvalue weighted by Crippen LogP contribution is 2.55. The molecule has 8 rings (SSSR count). The molecular formula is C77H114N12O19S2. The number of aliphatic hydroxyl groups is 1. The predicted molar refractivity (Wildman–Crippen MR) is 410 cm³/mol. The number of benzene rings is 2. The number of alkyl carbamates (subject to hydrolysis) is 2. The molecule has 0 bridgehead atoms. The highest BCUT2D eigenvalue weighted by Gasteiger charge is 2.57. The van der Waals surface area contributed by atoms with Gasteiger partial charge in [-0.15, -0.1) is 23.5 Å². The second-order valence-electron chi connectivity index (χ2n) is 30.2. The van der Waals surface area contributed by atoms with Crippen molar-refractivity contribution in [3.05, 3.63) is 71.8 Å². The molecule has 4 saturated heterocycles. The van der Waals surface area contributed by atoms with E-state index in [1.165, 1.54) is 31.4 Å². The first kappa shape index (κ1) is 88.8. The summed E-state index contributed by atoms with van der Waals surface area (Å²) in [6.07, 6.45) is 8.39. The lowest BCUT2D eigenvalue weighted by atomic mass is 9.83. The van der Waals surface area contributed by atoms with Crippen LogP contribution in [0.15, 0.2) is 60.7 Å². The molecule has 2 aromatic carbocycles. The molecule has 9 N–H and O–H groups in total. The number of rotatable bonds is 33. The first-order valence-corrected chi connectivity index (χ1v) is 40.3. The number of carbonyl (C=O) groups excluding carboxylic acids is 14. The van der Waals surface area contributed by atoms with Gasteiger partial charge in [0.1, 0.15) is 36.3 Å². The Hall–Kier alpha value is -8.40. The van der Waals surface area contributed by atoms with Crippen molar-refractivity contribution in [1.82, 2.24) is 62.1 Å². The molecule has 12 amide bonds. The van der Waals surface area contributed by atoms with Crippen LogP contribution in [0.25, 0.3) is 0 Å². The van der Waals surface area contributed by atoms with Crippen molar-refractivity contribution in [2.75, 3.05) is 93.2 Å². The van der Waals surface area contributed by atoms with Gasteiger partial charge in [0, 0.05) is 58.6 Å². The molecule has 4 aliphatic heterocycles. The molecule has 31 nitrogen and oxygen atoms in total. The number of thioether (sulfide) groups is 2. The van der Waals surface area contributed by atoms with Crippen molar-refractivity contribution >= 4 is 106 Å². The zero-order chi connectivity index (χ0) is 80.4.